The third kappa shape index (κ3) is 12.4. The zero-order chi connectivity index (χ0) is 28.7. The first-order chi connectivity index (χ1) is 17.9. The molecule has 0 radical (unpaired) electrons. The molecule has 0 aliphatic rings. The van der Waals surface area contributed by atoms with E-state index < -0.39 is 60.2 Å². The lowest BCUT2D eigenvalue weighted by atomic mass is 10.1. The minimum Gasteiger partial charge on any atom is -0.480 e. The number of hydrogen-bond acceptors (Lipinski definition) is 9. The summed E-state index contributed by atoms with van der Waals surface area (Å²) in [6.45, 7) is 0.156. The lowest BCUT2D eigenvalue weighted by Gasteiger charge is -2.24. The Morgan fingerprint density at radius 3 is 2.21 bits per heavy atom. The number of carbonyl (C=O) groups is 5. The summed E-state index contributed by atoms with van der Waals surface area (Å²) in [5, 5.41) is 16.6. The number of amides is 4. The Bertz CT molecular complexity index is 970. The van der Waals surface area contributed by atoms with Gasteiger partial charge in [0.2, 0.25) is 23.6 Å². The summed E-state index contributed by atoms with van der Waals surface area (Å²) in [5.74, 6) is -4.25. The number of guanidine groups is 1. The largest absolute Gasteiger partial charge is 0.480 e. The molecule has 1 aromatic heterocycles. The van der Waals surface area contributed by atoms with Crippen molar-refractivity contribution in [2.24, 2.45) is 27.9 Å². The molecule has 0 aromatic carbocycles. The van der Waals surface area contributed by atoms with Crippen molar-refractivity contribution in [2.45, 2.75) is 56.3 Å². The van der Waals surface area contributed by atoms with Crippen LogP contribution in [0.3, 0.4) is 0 Å². The molecule has 0 aliphatic heterocycles. The smallest absolute Gasteiger partial charge is 0.326 e. The number of thioether (sulfide) groups is 1. The van der Waals surface area contributed by atoms with Crippen LogP contribution >= 0.6 is 11.8 Å². The predicted molar refractivity (Wildman–Crippen MR) is 140 cm³/mol. The molecule has 1 rings (SSSR count). The normalized spacial score (nSPS) is 13.8. The van der Waals surface area contributed by atoms with Gasteiger partial charge >= 0.3 is 5.97 Å². The molecule has 0 saturated heterocycles. The Hall–Kier alpha value is -3.86. The third-order valence-corrected chi connectivity index (χ3v) is 5.82. The molecule has 1 heterocycles. The van der Waals surface area contributed by atoms with Crippen molar-refractivity contribution in [1.82, 2.24) is 25.9 Å². The second-order valence-corrected chi connectivity index (χ2v) is 9.30. The number of carboxylic acid groups (broad SMARTS) is 1. The molecule has 0 aliphatic carbocycles. The number of imidazole rings is 1. The van der Waals surface area contributed by atoms with E-state index in [1.807, 2.05) is 0 Å². The van der Waals surface area contributed by atoms with Crippen molar-refractivity contribution < 1.29 is 29.1 Å². The number of primary amides is 1. The highest BCUT2D eigenvalue weighted by molar-refractivity contribution is 7.98. The van der Waals surface area contributed by atoms with Gasteiger partial charge in [-0.15, -0.1) is 0 Å². The van der Waals surface area contributed by atoms with E-state index in [0.29, 0.717) is 11.4 Å². The molecule has 4 atom stereocenters. The van der Waals surface area contributed by atoms with Crippen LogP contribution in [-0.2, 0) is 30.4 Å². The second-order valence-electron chi connectivity index (χ2n) is 8.31. The lowest BCUT2D eigenvalue weighted by molar-refractivity contribution is -0.142. The highest BCUT2D eigenvalue weighted by Crippen LogP contribution is 2.06. The van der Waals surface area contributed by atoms with Crippen LogP contribution in [0.2, 0.25) is 0 Å². The van der Waals surface area contributed by atoms with Crippen molar-refractivity contribution in [3.8, 4) is 0 Å². The molecular weight excluding hydrogens is 520 g/mol. The van der Waals surface area contributed by atoms with Gasteiger partial charge in [0, 0.05) is 24.9 Å². The predicted octanol–water partition coefficient (Wildman–Crippen LogP) is -3.50. The number of nitrogens with zero attached hydrogens (tertiary/aromatic N) is 2. The van der Waals surface area contributed by atoms with Gasteiger partial charge in [-0.3, -0.25) is 24.2 Å². The van der Waals surface area contributed by atoms with Gasteiger partial charge < -0.3 is 49.0 Å². The third-order valence-electron chi connectivity index (χ3n) is 5.17. The maximum Gasteiger partial charge on any atom is 0.326 e. The van der Waals surface area contributed by atoms with Crippen molar-refractivity contribution in [3.05, 3.63) is 18.2 Å². The second kappa shape index (κ2) is 16.8. The fraction of sp³-hybridized carbons (Fsp3) is 0.571. The highest BCUT2D eigenvalue weighted by Gasteiger charge is 2.31. The fourth-order valence-corrected chi connectivity index (χ4v) is 3.70. The number of aromatic amines is 1. The van der Waals surface area contributed by atoms with Crippen molar-refractivity contribution >= 4 is 47.3 Å². The van der Waals surface area contributed by atoms with Gasteiger partial charge in [-0.1, -0.05) is 0 Å². The SMILES string of the molecule is CSCCC(NC(=O)C(CC(N)=O)NC(=O)C(CCCN=C(N)N)NC(=O)C(N)Cc1cnc[nH]1)C(=O)O. The average Bonchev–Trinajstić information content (AvgIpc) is 3.35. The highest BCUT2D eigenvalue weighted by atomic mass is 32.2. The zero-order valence-corrected chi connectivity index (χ0v) is 21.8. The van der Waals surface area contributed by atoms with E-state index in [1.165, 1.54) is 24.3 Å². The zero-order valence-electron chi connectivity index (χ0n) is 21.0. The van der Waals surface area contributed by atoms with Gasteiger partial charge in [-0.25, -0.2) is 9.78 Å². The van der Waals surface area contributed by atoms with E-state index in [2.05, 4.69) is 30.9 Å². The Kier molecular flexibility index (Phi) is 14.2. The van der Waals surface area contributed by atoms with Gasteiger partial charge in [0.15, 0.2) is 5.96 Å². The van der Waals surface area contributed by atoms with Crippen molar-refractivity contribution in [1.29, 1.82) is 0 Å². The minimum absolute atomic E-state index is 0.0571. The summed E-state index contributed by atoms with van der Waals surface area (Å²) in [6, 6.07) is -4.93. The number of aromatic nitrogens is 2. The summed E-state index contributed by atoms with van der Waals surface area (Å²) >= 11 is 1.39. The van der Waals surface area contributed by atoms with Gasteiger partial charge in [0.05, 0.1) is 18.8 Å². The van der Waals surface area contributed by atoms with Crippen LogP contribution < -0.4 is 38.9 Å². The Morgan fingerprint density at radius 1 is 1.03 bits per heavy atom. The maximum absolute atomic E-state index is 13.1. The molecule has 0 spiro atoms. The minimum atomic E-state index is -1.48. The van der Waals surface area contributed by atoms with E-state index in [-0.39, 0.29) is 38.2 Å². The number of nitrogens with two attached hydrogens (primary N) is 4. The monoisotopic (exact) mass is 556 g/mol. The molecule has 1 aromatic rings. The van der Waals surface area contributed by atoms with Crippen LogP contribution in [0.5, 0.6) is 0 Å². The Balaban J connectivity index is 3.00. The number of aliphatic carboxylic acids is 1. The molecule has 4 unspecified atom stereocenters. The van der Waals surface area contributed by atoms with Crippen LogP contribution in [0.1, 0.15) is 31.4 Å². The first-order valence-electron chi connectivity index (χ1n) is 11.6. The standard InChI is InChI=1S/C21H36N10O6S/c1-38-6-4-14(20(36)37)30-19(35)15(8-16(23)32)31-18(34)13(3-2-5-27-21(24)25)29-17(33)12(22)7-11-9-26-10-28-11/h9-10,12-15H,2-8,22H2,1H3,(H2,23,32)(H,26,28)(H,29,33)(H,30,35)(H,31,34)(H,36,37)(H4,24,25,27). The van der Waals surface area contributed by atoms with Gasteiger partial charge in [0.1, 0.15) is 18.1 Å². The van der Waals surface area contributed by atoms with Crippen LogP contribution in [-0.4, -0.2) is 93.4 Å². The van der Waals surface area contributed by atoms with E-state index in [0.717, 1.165) is 0 Å². The first-order valence-corrected chi connectivity index (χ1v) is 13.0. The summed E-state index contributed by atoms with van der Waals surface area (Å²) in [4.78, 5) is 72.2. The summed E-state index contributed by atoms with van der Waals surface area (Å²) in [6.07, 6.45) is 4.68. The Morgan fingerprint density at radius 2 is 1.66 bits per heavy atom. The van der Waals surface area contributed by atoms with Crippen molar-refractivity contribution in [3.63, 3.8) is 0 Å². The van der Waals surface area contributed by atoms with Gasteiger partial charge in [-0.05, 0) is 31.3 Å². The van der Waals surface area contributed by atoms with E-state index >= 15 is 0 Å². The number of carbonyl (C=O) groups excluding carboxylic acids is 4. The topological polar surface area (TPSA) is 287 Å². The molecule has 17 heteroatoms. The van der Waals surface area contributed by atoms with E-state index in [4.69, 9.17) is 22.9 Å². The number of carboxylic acids is 1. The maximum atomic E-state index is 13.1. The molecule has 38 heavy (non-hydrogen) atoms. The summed E-state index contributed by atoms with van der Waals surface area (Å²) < 4.78 is 0. The molecular formula is C21H36N10O6S. The number of nitrogens with one attached hydrogen (secondary N) is 4. The van der Waals surface area contributed by atoms with E-state index in [1.54, 1.807) is 6.26 Å². The first kappa shape index (κ1) is 32.2. The van der Waals surface area contributed by atoms with Crippen LogP contribution in [0.15, 0.2) is 17.5 Å². The van der Waals surface area contributed by atoms with Gasteiger partial charge in [0.25, 0.3) is 0 Å². The summed E-state index contributed by atoms with van der Waals surface area (Å²) in [7, 11) is 0. The molecule has 0 saturated carbocycles. The van der Waals surface area contributed by atoms with Crippen LogP contribution in [0, 0.1) is 0 Å². The molecule has 4 amide bonds. The summed E-state index contributed by atoms with van der Waals surface area (Å²) in [5.41, 5.74) is 22.4. The number of rotatable bonds is 18. The Labute approximate surface area is 223 Å². The van der Waals surface area contributed by atoms with Crippen LogP contribution in [0.4, 0.5) is 0 Å². The van der Waals surface area contributed by atoms with Gasteiger partial charge in [-0.2, -0.15) is 11.8 Å². The molecule has 0 fully saturated rings. The number of H-pyrrole nitrogens is 1. The number of hydrogen-bond donors (Lipinski definition) is 9. The van der Waals surface area contributed by atoms with E-state index in [9.17, 15) is 29.1 Å². The van der Waals surface area contributed by atoms with Crippen molar-refractivity contribution in [2.75, 3.05) is 18.6 Å². The number of aliphatic imine (C=N–C) groups is 1. The molecule has 212 valence electrons. The lowest BCUT2D eigenvalue weighted by Crippen LogP contribution is -2.58. The molecule has 13 N–H and O–H groups in total. The molecule has 0 bridgehead atoms. The fourth-order valence-electron chi connectivity index (χ4n) is 3.23. The molecule has 16 nitrogen and oxygen atoms in total. The van der Waals surface area contributed by atoms with Crippen LogP contribution in [0.25, 0.3) is 0 Å². The average molecular weight is 557 g/mol. The quantitative estimate of drug-likeness (QED) is 0.0485.